The second-order valence-corrected chi connectivity index (χ2v) is 9.74. The molecule has 0 spiro atoms. The van der Waals surface area contributed by atoms with E-state index < -0.39 is 11.5 Å². The van der Waals surface area contributed by atoms with Crippen LogP contribution in [0.15, 0.2) is 53.5 Å². The van der Waals surface area contributed by atoms with Crippen molar-refractivity contribution in [1.29, 1.82) is 0 Å². The first-order valence-corrected chi connectivity index (χ1v) is 12.4. The number of amides is 1. The number of hydrogen-bond acceptors (Lipinski definition) is 6. The van der Waals surface area contributed by atoms with E-state index in [9.17, 15) is 9.59 Å². The van der Waals surface area contributed by atoms with Crippen LogP contribution in [-0.4, -0.2) is 26.5 Å². The number of nitrogens with zero attached hydrogens (tertiary/aromatic N) is 3. The summed E-state index contributed by atoms with van der Waals surface area (Å²) >= 11 is 7.64. The maximum atomic E-state index is 12.9. The zero-order valence-corrected chi connectivity index (χ0v) is 20.8. The lowest BCUT2D eigenvalue weighted by Gasteiger charge is -2.17. The van der Waals surface area contributed by atoms with E-state index in [4.69, 9.17) is 11.6 Å². The molecule has 0 fully saturated rings. The van der Waals surface area contributed by atoms with Crippen LogP contribution in [0.1, 0.15) is 47.6 Å². The second-order valence-electron chi connectivity index (χ2n) is 8.06. The largest absolute Gasteiger partial charge is 0.349 e. The van der Waals surface area contributed by atoms with Crippen LogP contribution in [0, 0.1) is 6.92 Å². The SMILES string of the molecule is CCC(CC)NC(=O)c1cn(Cc2ccc(Cl)cc2)c(Nc2ccc3nc(C)sc3c2)nc1=O. The van der Waals surface area contributed by atoms with Crippen LogP contribution in [0.2, 0.25) is 5.02 Å². The van der Waals surface area contributed by atoms with Crippen LogP contribution in [0.3, 0.4) is 0 Å². The standard InChI is InChI=1S/C25H26ClN5O2S/c1-4-18(5-2)28-23(32)20-14-31(13-16-6-8-17(26)9-7-16)25(30-24(20)33)29-19-10-11-21-22(12-19)34-15(3)27-21/h6-12,14,18H,4-5,13H2,1-3H3,(H,28,32)(H,29,30,33). The van der Waals surface area contributed by atoms with Crippen molar-refractivity contribution in [2.45, 2.75) is 46.2 Å². The Morgan fingerprint density at radius 3 is 2.56 bits per heavy atom. The van der Waals surface area contributed by atoms with Gasteiger partial charge in [-0.1, -0.05) is 37.6 Å². The molecule has 0 saturated heterocycles. The molecule has 0 aliphatic heterocycles. The molecule has 0 saturated carbocycles. The molecule has 0 atom stereocenters. The third kappa shape index (κ3) is 5.46. The van der Waals surface area contributed by atoms with E-state index in [1.807, 2.05) is 51.1 Å². The van der Waals surface area contributed by atoms with Crippen molar-refractivity contribution in [3.05, 3.63) is 80.2 Å². The average Bonchev–Trinajstić information content (AvgIpc) is 3.19. The van der Waals surface area contributed by atoms with Crippen molar-refractivity contribution in [2.75, 3.05) is 5.32 Å². The molecule has 4 rings (SSSR count). The van der Waals surface area contributed by atoms with Crippen molar-refractivity contribution in [2.24, 2.45) is 0 Å². The van der Waals surface area contributed by atoms with Gasteiger partial charge in [-0.3, -0.25) is 9.59 Å². The van der Waals surface area contributed by atoms with Crippen molar-refractivity contribution < 1.29 is 4.79 Å². The molecule has 0 aliphatic carbocycles. The smallest absolute Gasteiger partial charge is 0.287 e. The Morgan fingerprint density at radius 2 is 1.85 bits per heavy atom. The molecule has 0 unspecified atom stereocenters. The lowest BCUT2D eigenvalue weighted by molar-refractivity contribution is 0.0932. The van der Waals surface area contributed by atoms with Crippen LogP contribution in [0.25, 0.3) is 10.2 Å². The maximum absolute atomic E-state index is 12.9. The van der Waals surface area contributed by atoms with Gasteiger partial charge >= 0.3 is 0 Å². The van der Waals surface area contributed by atoms with Crippen molar-refractivity contribution in [3.63, 3.8) is 0 Å². The Morgan fingerprint density at radius 1 is 1.12 bits per heavy atom. The molecule has 7 nitrogen and oxygen atoms in total. The predicted molar refractivity (Wildman–Crippen MR) is 139 cm³/mol. The third-order valence-electron chi connectivity index (χ3n) is 5.58. The van der Waals surface area contributed by atoms with Gasteiger partial charge in [0.15, 0.2) is 0 Å². The average molecular weight is 496 g/mol. The minimum absolute atomic E-state index is 0.00371. The molecule has 0 radical (unpaired) electrons. The second kappa shape index (κ2) is 10.4. The third-order valence-corrected chi connectivity index (χ3v) is 6.76. The molecule has 0 bridgehead atoms. The minimum Gasteiger partial charge on any atom is -0.349 e. The van der Waals surface area contributed by atoms with E-state index in [-0.39, 0.29) is 11.6 Å². The van der Waals surface area contributed by atoms with Crippen LogP contribution in [0.4, 0.5) is 11.6 Å². The highest BCUT2D eigenvalue weighted by Crippen LogP contribution is 2.26. The summed E-state index contributed by atoms with van der Waals surface area (Å²) in [5.74, 6) is -0.0659. The van der Waals surface area contributed by atoms with Crippen LogP contribution in [0.5, 0.6) is 0 Å². The fourth-order valence-corrected chi connectivity index (χ4v) is 4.65. The monoisotopic (exact) mass is 495 g/mol. The summed E-state index contributed by atoms with van der Waals surface area (Å²) in [5, 5.41) is 7.80. The van der Waals surface area contributed by atoms with Gasteiger partial charge in [-0.15, -0.1) is 11.3 Å². The molecule has 2 heterocycles. The van der Waals surface area contributed by atoms with E-state index in [0.717, 1.165) is 39.3 Å². The highest BCUT2D eigenvalue weighted by Gasteiger charge is 2.18. The summed E-state index contributed by atoms with van der Waals surface area (Å²) in [7, 11) is 0. The number of halogens is 1. The van der Waals surface area contributed by atoms with Gasteiger partial charge in [0.2, 0.25) is 5.95 Å². The number of nitrogens with one attached hydrogen (secondary N) is 2. The maximum Gasteiger partial charge on any atom is 0.287 e. The highest BCUT2D eigenvalue weighted by atomic mass is 35.5. The molecule has 9 heteroatoms. The van der Waals surface area contributed by atoms with Gasteiger partial charge in [0.05, 0.1) is 21.8 Å². The molecule has 1 amide bonds. The molecule has 2 N–H and O–H groups in total. The molecule has 2 aromatic heterocycles. The van der Waals surface area contributed by atoms with Crippen molar-refractivity contribution in [3.8, 4) is 0 Å². The number of aryl methyl sites for hydroxylation is 1. The zero-order valence-electron chi connectivity index (χ0n) is 19.3. The minimum atomic E-state index is -0.576. The van der Waals surface area contributed by atoms with Gasteiger partial charge < -0.3 is 15.2 Å². The fourth-order valence-electron chi connectivity index (χ4n) is 3.66. The van der Waals surface area contributed by atoms with Gasteiger partial charge in [-0.05, 0) is 55.7 Å². The molecule has 2 aromatic carbocycles. The van der Waals surface area contributed by atoms with Crippen molar-refractivity contribution >= 4 is 50.7 Å². The Bertz CT molecular complexity index is 1380. The van der Waals surface area contributed by atoms with Crippen molar-refractivity contribution in [1.82, 2.24) is 19.9 Å². The Hall–Kier alpha value is -3.23. The summed E-state index contributed by atoms with van der Waals surface area (Å²) < 4.78 is 2.81. The number of fused-ring (bicyclic) bond motifs is 1. The number of anilines is 2. The normalized spacial score (nSPS) is 11.2. The van der Waals surface area contributed by atoms with Gasteiger partial charge in [-0.2, -0.15) is 4.98 Å². The molecular weight excluding hydrogens is 470 g/mol. The quantitative estimate of drug-likeness (QED) is 0.335. The lowest BCUT2D eigenvalue weighted by Crippen LogP contribution is -2.37. The zero-order chi connectivity index (χ0) is 24.2. The van der Waals surface area contributed by atoms with Crippen LogP contribution < -0.4 is 16.2 Å². The Labute approximate surface area is 206 Å². The van der Waals surface area contributed by atoms with E-state index in [0.29, 0.717) is 17.5 Å². The molecule has 4 aromatic rings. The van der Waals surface area contributed by atoms with E-state index in [1.54, 1.807) is 34.2 Å². The molecule has 176 valence electrons. The van der Waals surface area contributed by atoms with Gasteiger partial charge in [0, 0.05) is 22.9 Å². The van der Waals surface area contributed by atoms with Crippen LogP contribution >= 0.6 is 22.9 Å². The molecular formula is C25H26ClN5O2S. The number of carbonyl (C=O) groups is 1. The van der Waals surface area contributed by atoms with E-state index >= 15 is 0 Å². The summed E-state index contributed by atoms with van der Waals surface area (Å²) in [6.45, 7) is 6.37. The van der Waals surface area contributed by atoms with E-state index in [1.165, 1.54) is 0 Å². The summed E-state index contributed by atoms with van der Waals surface area (Å²) in [6.07, 6.45) is 3.14. The summed E-state index contributed by atoms with van der Waals surface area (Å²) in [5.41, 5.74) is 2.10. The molecule has 34 heavy (non-hydrogen) atoms. The summed E-state index contributed by atoms with van der Waals surface area (Å²) in [6, 6.07) is 13.2. The van der Waals surface area contributed by atoms with Gasteiger partial charge in [-0.25, -0.2) is 4.98 Å². The first-order chi connectivity index (χ1) is 16.4. The van der Waals surface area contributed by atoms with E-state index in [2.05, 4.69) is 20.6 Å². The number of hydrogen-bond donors (Lipinski definition) is 2. The number of carbonyl (C=O) groups excluding carboxylic acids is 1. The Balaban J connectivity index is 1.72. The number of rotatable bonds is 8. The first kappa shape index (κ1) is 23.9. The summed E-state index contributed by atoms with van der Waals surface area (Å²) in [4.78, 5) is 34.4. The number of aromatic nitrogens is 3. The topological polar surface area (TPSA) is 88.9 Å². The lowest BCUT2D eigenvalue weighted by atomic mass is 10.1. The highest BCUT2D eigenvalue weighted by molar-refractivity contribution is 7.18. The van der Waals surface area contributed by atoms with Crippen LogP contribution in [-0.2, 0) is 6.54 Å². The van der Waals surface area contributed by atoms with Gasteiger partial charge in [0.1, 0.15) is 5.56 Å². The number of thiazole rings is 1. The Kier molecular flexibility index (Phi) is 7.29. The molecule has 0 aliphatic rings. The number of benzene rings is 2. The van der Waals surface area contributed by atoms with Gasteiger partial charge in [0.25, 0.3) is 11.5 Å². The first-order valence-electron chi connectivity index (χ1n) is 11.2. The predicted octanol–water partition coefficient (Wildman–Crippen LogP) is 5.53. The fraction of sp³-hybridized carbons (Fsp3) is 0.280.